The van der Waals surface area contributed by atoms with Crippen molar-refractivity contribution in [3.8, 4) is 0 Å². The summed E-state index contributed by atoms with van der Waals surface area (Å²) in [5, 5.41) is 11.0. The van der Waals surface area contributed by atoms with E-state index < -0.39 is 5.97 Å². The van der Waals surface area contributed by atoms with Crippen molar-refractivity contribution in [2.45, 2.75) is 226 Å². The molecule has 0 N–H and O–H groups in total. The van der Waals surface area contributed by atoms with Crippen LogP contribution in [0.1, 0.15) is 226 Å². The third-order valence-corrected chi connectivity index (χ3v) is 9.29. The molecule has 0 unspecified atom stereocenters. The average Bonchev–Trinajstić information content (AvgIpc) is 2.98. The van der Waals surface area contributed by atoms with Crippen LogP contribution in [-0.2, 0) is 4.79 Å². The topological polar surface area (TPSA) is 43.4 Å². The third-order valence-electron chi connectivity index (χ3n) is 9.29. The van der Waals surface area contributed by atoms with Gasteiger partial charge in [0.2, 0.25) is 0 Å². The van der Waals surface area contributed by atoms with Gasteiger partial charge in [-0.1, -0.05) is 206 Å². The Morgan fingerprint density at radius 3 is 0.791 bits per heavy atom. The van der Waals surface area contributed by atoms with Crippen molar-refractivity contribution in [1.82, 2.24) is 4.90 Å². The maximum absolute atomic E-state index is 11.0. The Hall–Kier alpha value is 0.0274. The van der Waals surface area contributed by atoms with Gasteiger partial charge in [-0.05, 0) is 32.4 Å². The second kappa shape index (κ2) is 40.1. The Balaban J connectivity index is 0. The summed E-state index contributed by atoms with van der Waals surface area (Å²) in [5.74, 6) is -0.904. The van der Waals surface area contributed by atoms with Gasteiger partial charge < -0.3 is 14.8 Å². The Bertz CT molecular complexity index is 479. The van der Waals surface area contributed by atoms with Crippen molar-refractivity contribution in [2.75, 3.05) is 19.6 Å². The monoisotopic (exact) mass is 600 g/mol. The summed E-state index contributed by atoms with van der Waals surface area (Å²) < 4.78 is 0. The smallest absolute Gasteiger partial charge is 0.550 e. The maximum Gasteiger partial charge on any atom is 1.00 e. The maximum atomic E-state index is 11.0. The first kappa shape index (κ1) is 45.2. The largest absolute Gasteiger partial charge is 1.00 e. The molecule has 0 aliphatic heterocycles. The van der Waals surface area contributed by atoms with E-state index in [2.05, 4.69) is 18.7 Å². The minimum atomic E-state index is -0.904. The molecule has 0 heterocycles. The Morgan fingerprint density at radius 1 is 0.372 bits per heavy atom. The molecule has 0 bridgehead atoms. The Morgan fingerprint density at radius 2 is 0.581 bits per heavy atom. The fraction of sp³-hybridized carbons (Fsp3) is 0.974. The SMILES string of the molecule is CCCCCCCCCCCCCCCCCCN(CCCCCCCCCCCCCCCCCC)CCC(=O)[O-].[Li+]. The molecule has 0 saturated carbocycles. The molecule has 0 aliphatic rings. The number of aliphatic carboxylic acids is 1. The average molecular weight is 600 g/mol. The zero-order valence-corrected chi connectivity index (χ0v) is 30.2. The van der Waals surface area contributed by atoms with E-state index in [-0.39, 0.29) is 25.3 Å². The Kier molecular flexibility index (Phi) is 42.1. The first-order chi connectivity index (χ1) is 20.7. The molecular formula is C39H78LiNO2. The second-order valence-electron chi connectivity index (χ2n) is 13.6. The number of carbonyl (C=O) groups is 1. The number of unbranched alkanes of at least 4 members (excludes halogenated alkanes) is 30. The van der Waals surface area contributed by atoms with E-state index in [0.29, 0.717) is 6.54 Å². The molecule has 0 aromatic carbocycles. The third kappa shape index (κ3) is 40.0. The summed E-state index contributed by atoms with van der Waals surface area (Å²) in [6.07, 6.45) is 44.8. The molecule has 0 fully saturated rings. The van der Waals surface area contributed by atoms with Crippen LogP contribution >= 0.6 is 0 Å². The summed E-state index contributed by atoms with van der Waals surface area (Å²) in [7, 11) is 0. The van der Waals surface area contributed by atoms with Gasteiger partial charge >= 0.3 is 18.9 Å². The number of rotatable bonds is 37. The molecule has 0 saturated heterocycles. The standard InChI is InChI=1S/C39H79NO2.Li/c1-3-5-7-9-11-13-15-17-19-21-23-25-27-29-31-33-36-40(38-35-39(41)42)37-34-32-30-28-26-24-22-20-18-16-14-12-10-8-6-4-2;/h3-38H2,1-2H3,(H,41,42);/q;+1/p-1. The van der Waals surface area contributed by atoms with Crippen LogP contribution in [0.2, 0.25) is 0 Å². The molecule has 0 atom stereocenters. The van der Waals surface area contributed by atoms with E-state index in [0.717, 1.165) is 13.1 Å². The molecule has 4 heteroatoms. The normalized spacial score (nSPS) is 11.3. The number of carboxylic acids is 1. The molecule has 3 nitrogen and oxygen atoms in total. The van der Waals surface area contributed by atoms with E-state index in [1.807, 2.05) is 0 Å². The van der Waals surface area contributed by atoms with Crippen LogP contribution in [0.25, 0.3) is 0 Å². The molecule has 0 aromatic heterocycles. The summed E-state index contributed by atoms with van der Waals surface area (Å²) in [6.45, 7) is 7.37. The van der Waals surface area contributed by atoms with Gasteiger partial charge in [0, 0.05) is 12.5 Å². The van der Waals surface area contributed by atoms with Gasteiger partial charge in [-0.15, -0.1) is 0 Å². The molecular weight excluding hydrogens is 521 g/mol. The Labute approximate surface area is 284 Å². The molecule has 0 amide bonds. The van der Waals surface area contributed by atoms with Crippen molar-refractivity contribution in [3.05, 3.63) is 0 Å². The summed E-state index contributed by atoms with van der Waals surface area (Å²) >= 11 is 0. The van der Waals surface area contributed by atoms with Crippen molar-refractivity contribution >= 4 is 5.97 Å². The summed E-state index contributed by atoms with van der Waals surface area (Å²) in [6, 6.07) is 0. The van der Waals surface area contributed by atoms with Gasteiger partial charge in [-0.3, -0.25) is 0 Å². The fourth-order valence-corrected chi connectivity index (χ4v) is 6.35. The molecule has 43 heavy (non-hydrogen) atoms. The zero-order valence-electron chi connectivity index (χ0n) is 30.2. The van der Waals surface area contributed by atoms with Crippen LogP contribution in [0.5, 0.6) is 0 Å². The van der Waals surface area contributed by atoms with Crippen molar-refractivity contribution in [1.29, 1.82) is 0 Å². The van der Waals surface area contributed by atoms with Crippen molar-refractivity contribution in [3.63, 3.8) is 0 Å². The number of nitrogens with zero attached hydrogens (tertiary/aromatic N) is 1. The van der Waals surface area contributed by atoms with E-state index in [9.17, 15) is 9.90 Å². The quantitative estimate of drug-likeness (QED) is 0.0529. The molecule has 0 aromatic rings. The molecule has 0 aliphatic carbocycles. The van der Waals surface area contributed by atoms with Crippen LogP contribution in [0.15, 0.2) is 0 Å². The van der Waals surface area contributed by atoms with Crippen LogP contribution in [0, 0.1) is 0 Å². The van der Waals surface area contributed by atoms with Crippen LogP contribution in [-0.4, -0.2) is 30.5 Å². The van der Waals surface area contributed by atoms with E-state index in [1.165, 1.54) is 205 Å². The van der Waals surface area contributed by atoms with Crippen LogP contribution in [0.4, 0.5) is 0 Å². The first-order valence-corrected chi connectivity index (χ1v) is 19.6. The summed E-state index contributed by atoms with van der Waals surface area (Å²) in [4.78, 5) is 13.4. The van der Waals surface area contributed by atoms with Crippen LogP contribution in [0.3, 0.4) is 0 Å². The second-order valence-corrected chi connectivity index (χ2v) is 13.6. The predicted octanol–water partition coefficient (Wildman–Crippen LogP) is 8.96. The number of carbonyl (C=O) groups excluding carboxylic acids is 1. The summed E-state index contributed by atoms with van der Waals surface area (Å²) in [5.41, 5.74) is 0. The van der Waals surface area contributed by atoms with Gasteiger partial charge in [0.25, 0.3) is 0 Å². The molecule has 0 spiro atoms. The molecule has 0 rings (SSSR count). The van der Waals surface area contributed by atoms with E-state index in [1.54, 1.807) is 0 Å². The first-order valence-electron chi connectivity index (χ1n) is 19.6. The van der Waals surface area contributed by atoms with Crippen molar-refractivity contribution in [2.24, 2.45) is 0 Å². The fourth-order valence-electron chi connectivity index (χ4n) is 6.35. The van der Waals surface area contributed by atoms with Gasteiger partial charge in [0.1, 0.15) is 0 Å². The van der Waals surface area contributed by atoms with Gasteiger partial charge in [0.05, 0.1) is 0 Å². The van der Waals surface area contributed by atoms with Crippen molar-refractivity contribution < 1.29 is 28.8 Å². The van der Waals surface area contributed by atoms with Gasteiger partial charge in [0.15, 0.2) is 0 Å². The zero-order chi connectivity index (χ0) is 30.6. The minimum Gasteiger partial charge on any atom is -0.550 e. The number of carboxylic acid groups (broad SMARTS) is 1. The predicted molar refractivity (Wildman–Crippen MR) is 185 cm³/mol. The van der Waals surface area contributed by atoms with E-state index >= 15 is 0 Å². The minimum absolute atomic E-state index is 0. The molecule has 0 radical (unpaired) electrons. The van der Waals surface area contributed by atoms with Crippen LogP contribution < -0.4 is 24.0 Å². The number of hydrogen-bond acceptors (Lipinski definition) is 3. The van der Waals surface area contributed by atoms with Gasteiger partial charge in [-0.2, -0.15) is 0 Å². The van der Waals surface area contributed by atoms with E-state index in [4.69, 9.17) is 0 Å². The van der Waals surface area contributed by atoms with Gasteiger partial charge in [-0.25, -0.2) is 0 Å². The molecule has 252 valence electrons. The number of hydrogen-bond donors (Lipinski definition) is 0.